The third kappa shape index (κ3) is 6.34. The van der Waals surface area contributed by atoms with Gasteiger partial charge in [0.2, 0.25) is 5.95 Å². The van der Waals surface area contributed by atoms with Crippen molar-refractivity contribution in [3.63, 3.8) is 0 Å². The number of nitrogens with one attached hydrogen (secondary N) is 2. The molecule has 10 nitrogen and oxygen atoms in total. The van der Waals surface area contributed by atoms with Gasteiger partial charge in [-0.15, -0.1) is 0 Å². The lowest BCUT2D eigenvalue weighted by atomic mass is 10.1. The van der Waals surface area contributed by atoms with E-state index in [0.29, 0.717) is 30.4 Å². The van der Waals surface area contributed by atoms with Crippen LogP contribution in [0.3, 0.4) is 0 Å². The highest BCUT2D eigenvalue weighted by Crippen LogP contribution is 2.30. The van der Waals surface area contributed by atoms with E-state index in [-0.39, 0.29) is 12.1 Å². The summed E-state index contributed by atoms with van der Waals surface area (Å²) in [7, 11) is 0. The van der Waals surface area contributed by atoms with E-state index >= 15 is 0 Å². The van der Waals surface area contributed by atoms with E-state index < -0.39 is 6.10 Å². The molecule has 192 valence electrons. The van der Waals surface area contributed by atoms with Crippen LogP contribution in [0.25, 0.3) is 0 Å². The second kappa shape index (κ2) is 11.6. The number of hydroxylamine groups is 2. The Morgan fingerprint density at radius 3 is 2.66 bits per heavy atom. The van der Waals surface area contributed by atoms with Gasteiger partial charge < -0.3 is 15.7 Å². The quantitative estimate of drug-likeness (QED) is 0.335. The number of anilines is 3. The van der Waals surface area contributed by atoms with E-state index in [1.807, 2.05) is 48.5 Å². The topological polar surface area (TPSA) is 117 Å². The van der Waals surface area contributed by atoms with Crippen molar-refractivity contribution in [2.75, 3.05) is 17.2 Å². The van der Waals surface area contributed by atoms with Crippen LogP contribution in [0.4, 0.5) is 22.1 Å². The Balaban J connectivity index is 1.20. The van der Waals surface area contributed by atoms with Crippen LogP contribution in [0.15, 0.2) is 79.4 Å². The Hall–Kier alpha value is -4.72. The molecule has 2 atom stereocenters. The van der Waals surface area contributed by atoms with Gasteiger partial charge in [-0.2, -0.15) is 10.2 Å². The molecule has 1 aliphatic rings. The Kier molecular flexibility index (Phi) is 7.59. The summed E-state index contributed by atoms with van der Waals surface area (Å²) in [5.41, 5.74) is 3.76. The van der Waals surface area contributed by atoms with Crippen molar-refractivity contribution in [3.05, 3.63) is 96.1 Å². The number of nitrogens with zero attached hydrogens (tertiary/aromatic N) is 5. The minimum atomic E-state index is -0.486. The molecule has 10 heteroatoms. The number of amides is 2. The highest BCUT2D eigenvalue weighted by atomic mass is 16.7. The van der Waals surface area contributed by atoms with Crippen molar-refractivity contribution < 1.29 is 14.7 Å². The number of aromatic nitrogens is 4. The van der Waals surface area contributed by atoms with Crippen LogP contribution < -0.4 is 10.6 Å². The minimum absolute atomic E-state index is 0.128. The molecule has 4 aromatic rings. The zero-order valence-corrected chi connectivity index (χ0v) is 20.8. The van der Waals surface area contributed by atoms with E-state index in [9.17, 15) is 9.90 Å². The summed E-state index contributed by atoms with van der Waals surface area (Å²) in [6.07, 6.45) is 6.92. The van der Waals surface area contributed by atoms with Crippen molar-refractivity contribution in [1.82, 2.24) is 24.8 Å². The van der Waals surface area contributed by atoms with Gasteiger partial charge in [0, 0.05) is 36.3 Å². The number of carbonyl (C=O) groups excluding carboxylic acids is 1. The van der Waals surface area contributed by atoms with Gasteiger partial charge in [-0.3, -0.25) is 9.52 Å². The molecule has 2 aromatic carbocycles. The summed E-state index contributed by atoms with van der Waals surface area (Å²) in [5, 5.41) is 21.0. The summed E-state index contributed by atoms with van der Waals surface area (Å²) in [5.74, 6) is 6.54. The van der Waals surface area contributed by atoms with Crippen molar-refractivity contribution in [2.45, 2.75) is 32.0 Å². The van der Waals surface area contributed by atoms with E-state index in [0.717, 1.165) is 23.2 Å². The lowest BCUT2D eigenvalue weighted by Crippen LogP contribution is -2.33. The summed E-state index contributed by atoms with van der Waals surface area (Å²) < 4.78 is 1.64. The second-order valence-corrected chi connectivity index (χ2v) is 8.86. The Labute approximate surface area is 220 Å². The van der Waals surface area contributed by atoms with Gasteiger partial charge in [0.05, 0.1) is 42.7 Å². The van der Waals surface area contributed by atoms with Crippen LogP contribution in [0.1, 0.15) is 36.1 Å². The van der Waals surface area contributed by atoms with Crippen LogP contribution in [-0.2, 0) is 11.4 Å². The first-order valence-electron chi connectivity index (χ1n) is 12.2. The number of hydrogen-bond donors (Lipinski definition) is 3. The molecule has 5 rings (SSSR count). The van der Waals surface area contributed by atoms with Crippen LogP contribution >= 0.6 is 0 Å². The highest BCUT2D eigenvalue weighted by molar-refractivity contribution is 5.89. The Morgan fingerprint density at radius 1 is 1.08 bits per heavy atom. The van der Waals surface area contributed by atoms with E-state index in [1.54, 1.807) is 42.5 Å². The maximum Gasteiger partial charge on any atom is 0.346 e. The molecule has 1 aliphatic heterocycles. The fourth-order valence-electron chi connectivity index (χ4n) is 4.03. The highest BCUT2D eigenvalue weighted by Gasteiger charge is 2.31. The van der Waals surface area contributed by atoms with Gasteiger partial charge in [0.1, 0.15) is 0 Å². The van der Waals surface area contributed by atoms with E-state index in [1.165, 1.54) is 5.06 Å². The van der Waals surface area contributed by atoms with Crippen LogP contribution in [0.5, 0.6) is 0 Å². The summed E-state index contributed by atoms with van der Waals surface area (Å²) in [6.45, 7) is 2.60. The van der Waals surface area contributed by atoms with Crippen molar-refractivity contribution in [1.29, 1.82) is 0 Å². The third-order valence-corrected chi connectivity index (χ3v) is 5.75. The average molecular weight is 510 g/mol. The zero-order valence-electron chi connectivity index (χ0n) is 20.8. The first kappa shape index (κ1) is 25.0. The molecular formula is C28H27N7O3. The number of hydrogen-bond acceptors (Lipinski definition) is 7. The monoisotopic (exact) mass is 509 g/mol. The molecule has 0 spiro atoms. The Bertz CT molecular complexity index is 1440. The second-order valence-electron chi connectivity index (χ2n) is 8.86. The molecule has 2 aromatic heterocycles. The van der Waals surface area contributed by atoms with Gasteiger partial charge in [-0.25, -0.2) is 14.8 Å². The van der Waals surface area contributed by atoms with Gasteiger partial charge in [0.25, 0.3) is 0 Å². The first-order chi connectivity index (χ1) is 18.5. The summed E-state index contributed by atoms with van der Waals surface area (Å²) in [4.78, 5) is 27.1. The molecule has 0 aliphatic carbocycles. The molecule has 2 amide bonds. The van der Waals surface area contributed by atoms with E-state index in [2.05, 4.69) is 37.5 Å². The van der Waals surface area contributed by atoms with Gasteiger partial charge in [0.15, 0.2) is 0 Å². The molecule has 1 fully saturated rings. The molecule has 38 heavy (non-hydrogen) atoms. The predicted octanol–water partition coefficient (Wildman–Crippen LogP) is 4.11. The first-order valence-corrected chi connectivity index (χ1v) is 12.2. The smallest absolute Gasteiger partial charge is 0.346 e. The predicted molar refractivity (Wildman–Crippen MR) is 142 cm³/mol. The summed E-state index contributed by atoms with van der Waals surface area (Å²) >= 11 is 0. The Morgan fingerprint density at radius 2 is 1.87 bits per heavy atom. The fourth-order valence-corrected chi connectivity index (χ4v) is 4.03. The zero-order chi connectivity index (χ0) is 26.3. The molecular weight excluding hydrogens is 482 g/mol. The maximum absolute atomic E-state index is 12.9. The largest absolute Gasteiger partial charge is 0.391 e. The van der Waals surface area contributed by atoms with Crippen molar-refractivity contribution >= 4 is 23.4 Å². The fraction of sp³-hybridized carbons (Fsp3) is 0.214. The van der Waals surface area contributed by atoms with Crippen LogP contribution in [0, 0.1) is 11.8 Å². The number of rotatable bonds is 6. The molecule has 3 heterocycles. The molecule has 1 saturated heterocycles. The van der Waals surface area contributed by atoms with Crippen molar-refractivity contribution in [2.24, 2.45) is 0 Å². The minimum Gasteiger partial charge on any atom is -0.391 e. The third-order valence-electron chi connectivity index (χ3n) is 5.75. The lowest BCUT2D eigenvalue weighted by Gasteiger charge is -2.23. The lowest BCUT2D eigenvalue weighted by molar-refractivity contribution is -0.0829. The standard InChI is InChI=1S/C28H27N7O3/c1-20(36)18-34-19-25(17-31-34)32-27-29-15-22(16-30-27)11-10-21-6-5-9-24(14-21)33-28(37)35-26(12-13-38-35)23-7-3-2-4-8-23/h2-9,14-17,19-20,26,36H,12-13,18H2,1H3,(H,33,37)(H,29,30,32)/t20-,26-/m0/s1. The van der Waals surface area contributed by atoms with Crippen LogP contribution in [-0.4, -0.2) is 48.7 Å². The molecule has 0 saturated carbocycles. The number of urea groups is 1. The SMILES string of the molecule is C[C@H](O)Cn1cc(Nc2ncc(C#Cc3cccc(NC(=O)N4OCC[C@H]4c4ccccc4)c3)cn2)cn1. The number of aliphatic hydroxyl groups excluding tert-OH is 1. The molecule has 3 N–H and O–H groups in total. The number of benzene rings is 2. The normalized spacial score (nSPS) is 15.4. The van der Waals surface area contributed by atoms with E-state index in [4.69, 9.17) is 4.84 Å². The maximum atomic E-state index is 12.9. The van der Waals surface area contributed by atoms with Gasteiger partial charge in [-0.1, -0.05) is 48.2 Å². The molecule has 0 bridgehead atoms. The molecule has 0 unspecified atom stereocenters. The number of aliphatic hydroxyl groups is 1. The average Bonchev–Trinajstić information content (AvgIpc) is 3.59. The van der Waals surface area contributed by atoms with Gasteiger partial charge >= 0.3 is 6.03 Å². The molecule has 0 radical (unpaired) electrons. The van der Waals surface area contributed by atoms with Crippen LogP contribution in [0.2, 0.25) is 0 Å². The number of carbonyl (C=O) groups is 1. The van der Waals surface area contributed by atoms with Crippen molar-refractivity contribution in [3.8, 4) is 11.8 Å². The summed E-state index contributed by atoms with van der Waals surface area (Å²) in [6, 6.07) is 16.7. The van der Waals surface area contributed by atoms with Gasteiger partial charge in [-0.05, 0) is 30.7 Å².